The Bertz CT molecular complexity index is 1390. The van der Waals surface area contributed by atoms with Crippen LogP contribution in [0.5, 0.6) is 11.5 Å². The molecule has 0 saturated heterocycles. The van der Waals surface area contributed by atoms with Crippen LogP contribution in [0.4, 0.5) is 0 Å². The third-order valence-corrected chi connectivity index (χ3v) is 6.44. The van der Waals surface area contributed by atoms with Gasteiger partial charge in [-0.2, -0.15) is 0 Å². The van der Waals surface area contributed by atoms with E-state index >= 15 is 0 Å². The molecule has 6 heteroatoms. The summed E-state index contributed by atoms with van der Waals surface area (Å²) in [5, 5.41) is 3.00. The molecule has 5 nitrogen and oxygen atoms in total. The summed E-state index contributed by atoms with van der Waals surface area (Å²) in [7, 11) is 3.58. The summed E-state index contributed by atoms with van der Waals surface area (Å²) in [6.45, 7) is 1.08. The predicted octanol–water partition coefficient (Wildman–Crippen LogP) is 5.51. The van der Waals surface area contributed by atoms with Gasteiger partial charge in [-0.1, -0.05) is 30.3 Å². The van der Waals surface area contributed by atoms with Crippen molar-refractivity contribution >= 4 is 38.2 Å². The average Bonchev–Trinajstić information content (AvgIpc) is 3.49. The van der Waals surface area contributed by atoms with E-state index in [0.717, 1.165) is 21.1 Å². The fraction of sp³-hybridized carbons (Fsp3) is 0.160. The zero-order valence-corrected chi connectivity index (χ0v) is 18.2. The lowest BCUT2D eigenvalue weighted by Gasteiger charge is -2.11. The number of methoxy groups -OCH3 is 1. The van der Waals surface area contributed by atoms with Gasteiger partial charge in [0, 0.05) is 29.7 Å². The summed E-state index contributed by atoms with van der Waals surface area (Å²) in [4.78, 5) is 13.5. The van der Waals surface area contributed by atoms with Gasteiger partial charge in [0.2, 0.25) is 5.78 Å². The van der Waals surface area contributed by atoms with Crippen molar-refractivity contribution in [1.29, 1.82) is 0 Å². The maximum Gasteiger partial charge on any atom is 0.211 e. The number of para-hydroxylation sites is 3. The molecule has 0 amide bonds. The molecule has 31 heavy (non-hydrogen) atoms. The summed E-state index contributed by atoms with van der Waals surface area (Å²) in [5.41, 5.74) is 3.52. The molecular weight excluding hydrogens is 408 g/mol. The Kier molecular flexibility index (Phi) is 5.00. The minimum absolute atomic E-state index is 0.0338. The summed E-state index contributed by atoms with van der Waals surface area (Å²) in [6.07, 6.45) is 1.94. The normalized spacial score (nSPS) is 11.3. The lowest BCUT2D eigenvalue weighted by molar-refractivity contribution is 0.103. The van der Waals surface area contributed by atoms with Gasteiger partial charge in [-0.05, 0) is 35.7 Å². The fourth-order valence-corrected chi connectivity index (χ4v) is 4.86. The molecule has 0 saturated carbocycles. The first-order valence-electron chi connectivity index (χ1n) is 10.1. The molecule has 3 aromatic heterocycles. The van der Waals surface area contributed by atoms with E-state index in [1.165, 1.54) is 0 Å². The molecule has 156 valence electrons. The van der Waals surface area contributed by atoms with Crippen molar-refractivity contribution in [1.82, 2.24) is 9.13 Å². The Morgan fingerprint density at radius 3 is 2.58 bits per heavy atom. The molecule has 0 spiro atoms. The number of rotatable bonds is 7. The van der Waals surface area contributed by atoms with Crippen molar-refractivity contribution in [2.45, 2.75) is 6.54 Å². The van der Waals surface area contributed by atoms with Gasteiger partial charge in [0.15, 0.2) is 11.5 Å². The van der Waals surface area contributed by atoms with E-state index in [1.807, 2.05) is 77.8 Å². The van der Waals surface area contributed by atoms with Crippen molar-refractivity contribution in [3.63, 3.8) is 0 Å². The number of fused-ring (bicyclic) bond motifs is 2. The van der Waals surface area contributed by atoms with Gasteiger partial charge < -0.3 is 18.6 Å². The van der Waals surface area contributed by atoms with E-state index in [4.69, 9.17) is 9.47 Å². The molecule has 0 atom stereocenters. The third-order valence-electron chi connectivity index (χ3n) is 5.59. The molecule has 5 rings (SSSR count). The van der Waals surface area contributed by atoms with E-state index < -0.39 is 0 Å². The van der Waals surface area contributed by atoms with Gasteiger partial charge in [-0.15, -0.1) is 11.3 Å². The zero-order chi connectivity index (χ0) is 21.4. The molecular formula is C25H22N2O3S. The standard InChI is InChI=1S/C25H22N2O3S/c1-26-20-11-14-31-24(20)15-21(26)25(28)18-16-27(19-8-4-3-7-17(18)19)12-13-30-23-10-6-5-9-22(23)29-2/h3-11,14-16H,12-13H2,1-2H3. The van der Waals surface area contributed by atoms with Gasteiger partial charge in [0.05, 0.1) is 29.6 Å². The lowest BCUT2D eigenvalue weighted by atomic mass is 10.1. The predicted molar refractivity (Wildman–Crippen MR) is 125 cm³/mol. The maximum atomic E-state index is 13.5. The van der Waals surface area contributed by atoms with Crippen LogP contribution in [0, 0.1) is 0 Å². The minimum Gasteiger partial charge on any atom is -0.493 e. The number of nitrogens with zero attached hydrogens (tertiary/aromatic N) is 2. The molecule has 0 aliphatic carbocycles. The van der Waals surface area contributed by atoms with E-state index in [0.29, 0.717) is 35.9 Å². The second-order valence-electron chi connectivity index (χ2n) is 7.34. The van der Waals surface area contributed by atoms with E-state index in [1.54, 1.807) is 18.4 Å². The number of thiophene rings is 1. The number of ether oxygens (including phenoxy) is 2. The second-order valence-corrected chi connectivity index (χ2v) is 8.29. The topological polar surface area (TPSA) is 45.4 Å². The van der Waals surface area contributed by atoms with Crippen molar-refractivity contribution in [2.24, 2.45) is 7.05 Å². The number of hydrogen-bond donors (Lipinski definition) is 0. The van der Waals surface area contributed by atoms with Crippen LogP contribution in [0.25, 0.3) is 21.1 Å². The van der Waals surface area contributed by atoms with Crippen molar-refractivity contribution in [2.75, 3.05) is 13.7 Å². The second kappa shape index (κ2) is 7.96. The summed E-state index contributed by atoms with van der Waals surface area (Å²) in [6, 6.07) is 19.6. The molecule has 0 unspecified atom stereocenters. The average molecular weight is 431 g/mol. The number of aromatic nitrogens is 2. The number of carbonyl (C=O) groups is 1. The molecule has 2 aromatic carbocycles. The Balaban J connectivity index is 1.45. The molecule has 0 bridgehead atoms. The first kappa shape index (κ1) is 19.5. The lowest BCUT2D eigenvalue weighted by Crippen LogP contribution is -2.09. The number of benzene rings is 2. The summed E-state index contributed by atoms with van der Waals surface area (Å²) >= 11 is 1.65. The van der Waals surface area contributed by atoms with Crippen molar-refractivity contribution < 1.29 is 14.3 Å². The Hall–Kier alpha value is -3.51. The van der Waals surface area contributed by atoms with Gasteiger partial charge in [-0.3, -0.25) is 4.79 Å². The van der Waals surface area contributed by atoms with E-state index in [9.17, 15) is 4.79 Å². The van der Waals surface area contributed by atoms with Crippen LogP contribution in [0.3, 0.4) is 0 Å². The zero-order valence-electron chi connectivity index (χ0n) is 17.4. The summed E-state index contributed by atoms with van der Waals surface area (Å²) < 4.78 is 16.5. The quantitative estimate of drug-likeness (QED) is 0.320. The highest BCUT2D eigenvalue weighted by Crippen LogP contribution is 2.29. The van der Waals surface area contributed by atoms with Crippen LogP contribution < -0.4 is 9.47 Å². The molecule has 0 aliphatic rings. The highest BCUT2D eigenvalue weighted by atomic mass is 32.1. The highest BCUT2D eigenvalue weighted by molar-refractivity contribution is 7.17. The van der Waals surface area contributed by atoms with E-state index in [2.05, 4.69) is 10.6 Å². The SMILES string of the molecule is COc1ccccc1OCCn1cc(C(=O)c2cc3sccc3n2C)c2ccccc21. The van der Waals surface area contributed by atoms with Crippen LogP contribution in [0.1, 0.15) is 16.1 Å². The monoisotopic (exact) mass is 430 g/mol. The van der Waals surface area contributed by atoms with Gasteiger partial charge >= 0.3 is 0 Å². The summed E-state index contributed by atoms with van der Waals surface area (Å²) in [5.74, 6) is 1.45. The Morgan fingerprint density at radius 1 is 1.00 bits per heavy atom. The third kappa shape index (κ3) is 3.39. The molecule has 0 N–H and O–H groups in total. The van der Waals surface area contributed by atoms with Crippen molar-refractivity contribution in [3.8, 4) is 11.5 Å². The van der Waals surface area contributed by atoms with Crippen LogP contribution >= 0.6 is 11.3 Å². The Labute approximate surface area is 184 Å². The van der Waals surface area contributed by atoms with Gasteiger partial charge in [0.25, 0.3) is 0 Å². The largest absolute Gasteiger partial charge is 0.493 e. The minimum atomic E-state index is 0.0338. The maximum absolute atomic E-state index is 13.5. The van der Waals surface area contributed by atoms with Crippen LogP contribution in [-0.2, 0) is 13.6 Å². The molecule has 5 aromatic rings. The molecule has 3 heterocycles. The van der Waals surface area contributed by atoms with Gasteiger partial charge in [-0.25, -0.2) is 0 Å². The first-order chi connectivity index (χ1) is 15.2. The number of hydrogen-bond acceptors (Lipinski definition) is 4. The molecule has 0 aliphatic heterocycles. The smallest absolute Gasteiger partial charge is 0.211 e. The number of aryl methyl sites for hydroxylation is 1. The van der Waals surface area contributed by atoms with E-state index in [-0.39, 0.29) is 5.78 Å². The Morgan fingerprint density at radius 2 is 1.77 bits per heavy atom. The van der Waals surface area contributed by atoms with Gasteiger partial charge in [0.1, 0.15) is 6.61 Å². The number of carbonyl (C=O) groups excluding carboxylic acids is 1. The molecule has 0 radical (unpaired) electrons. The van der Waals surface area contributed by atoms with Crippen molar-refractivity contribution in [3.05, 3.63) is 83.5 Å². The van der Waals surface area contributed by atoms with Crippen LogP contribution in [-0.4, -0.2) is 28.6 Å². The fourth-order valence-electron chi connectivity index (χ4n) is 4.01. The van der Waals surface area contributed by atoms with Crippen LogP contribution in [0.15, 0.2) is 72.2 Å². The van der Waals surface area contributed by atoms with Crippen LogP contribution in [0.2, 0.25) is 0 Å². The molecule has 0 fully saturated rings. The highest BCUT2D eigenvalue weighted by Gasteiger charge is 2.20. The first-order valence-corrected chi connectivity index (χ1v) is 11.0. The number of ketones is 1.